The third-order valence-corrected chi connectivity index (χ3v) is 4.97. The van der Waals surface area contributed by atoms with Gasteiger partial charge in [0.1, 0.15) is 0 Å². The summed E-state index contributed by atoms with van der Waals surface area (Å²) in [5, 5.41) is 8.27. The molecule has 1 aromatic heterocycles. The number of carbonyl (C=O) groups excluding carboxylic acids is 2. The molecule has 1 atom stereocenters. The lowest BCUT2D eigenvalue weighted by Crippen LogP contribution is -2.43. The van der Waals surface area contributed by atoms with Crippen LogP contribution in [0.1, 0.15) is 44.7 Å². The number of ether oxygens (including phenoxy) is 1. The topological polar surface area (TPSA) is 90.3 Å². The standard InChI is InChI=1S/C20H25N3O4/c1-13(19(25)21-14-8-4-3-5-9-14)27-18(24)12-17-15-10-6-7-11-16(15)20(26)23(2)22-17/h6-7,10-11,13-14H,3-5,8-9,12H2,1-2H3,(H,21,25)/t13-/m1/s1. The quantitative estimate of drug-likeness (QED) is 0.810. The van der Waals surface area contributed by atoms with Gasteiger partial charge in [-0.2, -0.15) is 5.10 Å². The molecule has 2 aromatic rings. The van der Waals surface area contributed by atoms with Crippen molar-refractivity contribution in [2.75, 3.05) is 0 Å². The van der Waals surface area contributed by atoms with Crippen LogP contribution >= 0.6 is 0 Å². The zero-order chi connectivity index (χ0) is 19.4. The second-order valence-electron chi connectivity index (χ2n) is 7.07. The Morgan fingerprint density at radius 1 is 1.22 bits per heavy atom. The molecule has 3 rings (SSSR count). The molecule has 1 amide bonds. The average Bonchev–Trinajstić information content (AvgIpc) is 2.66. The van der Waals surface area contributed by atoms with Crippen molar-refractivity contribution in [2.24, 2.45) is 7.05 Å². The van der Waals surface area contributed by atoms with Crippen molar-refractivity contribution in [2.45, 2.75) is 57.6 Å². The van der Waals surface area contributed by atoms with Crippen LogP contribution in [0.15, 0.2) is 29.1 Å². The Balaban J connectivity index is 1.65. The summed E-state index contributed by atoms with van der Waals surface area (Å²) in [6.07, 6.45) is 4.42. The zero-order valence-electron chi connectivity index (χ0n) is 15.7. The molecular formula is C20H25N3O4. The maximum atomic E-state index is 12.3. The predicted octanol–water partition coefficient (Wildman–Crippen LogP) is 1.86. The first kappa shape index (κ1) is 19.1. The lowest BCUT2D eigenvalue weighted by atomic mass is 9.95. The number of fused-ring (bicyclic) bond motifs is 1. The van der Waals surface area contributed by atoms with Gasteiger partial charge in [-0.1, -0.05) is 37.5 Å². The number of hydrogen-bond acceptors (Lipinski definition) is 5. The SMILES string of the molecule is C[C@@H](OC(=O)Cc1nn(C)c(=O)c2ccccc12)C(=O)NC1CCCCC1. The molecule has 1 saturated carbocycles. The van der Waals surface area contributed by atoms with E-state index in [1.807, 2.05) is 0 Å². The van der Waals surface area contributed by atoms with Crippen molar-refractivity contribution >= 4 is 22.6 Å². The van der Waals surface area contributed by atoms with E-state index in [0.717, 1.165) is 25.7 Å². The fraction of sp³-hybridized carbons (Fsp3) is 0.500. The van der Waals surface area contributed by atoms with Crippen molar-refractivity contribution in [3.05, 3.63) is 40.3 Å². The molecule has 27 heavy (non-hydrogen) atoms. The molecule has 7 heteroatoms. The van der Waals surface area contributed by atoms with E-state index in [1.54, 1.807) is 38.2 Å². The van der Waals surface area contributed by atoms with E-state index >= 15 is 0 Å². The van der Waals surface area contributed by atoms with Crippen LogP contribution in [0.25, 0.3) is 10.8 Å². The number of aromatic nitrogens is 2. The number of nitrogens with one attached hydrogen (secondary N) is 1. The maximum Gasteiger partial charge on any atom is 0.312 e. The van der Waals surface area contributed by atoms with Crippen LogP contribution in [-0.2, 0) is 27.8 Å². The second kappa shape index (κ2) is 8.33. The summed E-state index contributed by atoms with van der Waals surface area (Å²) >= 11 is 0. The second-order valence-corrected chi connectivity index (χ2v) is 7.07. The van der Waals surface area contributed by atoms with Gasteiger partial charge in [0.25, 0.3) is 11.5 Å². The fourth-order valence-electron chi connectivity index (χ4n) is 3.50. The van der Waals surface area contributed by atoms with Crippen molar-refractivity contribution in [3.8, 4) is 0 Å². The highest BCUT2D eigenvalue weighted by Gasteiger charge is 2.23. The molecule has 7 nitrogen and oxygen atoms in total. The summed E-state index contributed by atoms with van der Waals surface area (Å²) in [5.74, 6) is -0.814. The van der Waals surface area contributed by atoms with Gasteiger partial charge in [0.15, 0.2) is 6.10 Å². The number of amides is 1. The highest BCUT2D eigenvalue weighted by atomic mass is 16.5. The molecule has 1 aliphatic carbocycles. The molecule has 1 fully saturated rings. The molecule has 0 unspecified atom stereocenters. The lowest BCUT2D eigenvalue weighted by Gasteiger charge is -2.24. The number of esters is 1. The minimum Gasteiger partial charge on any atom is -0.452 e. The van der Waals surface area contributed by atoms with Crippen LogP contribution in [0.2, 0.25) is 0 Å². The van der Waals surface area contributed by atoms with Crippen molar-refractivity contribution in [1.29, 1.82) is 0 Å². The van der Waals surface area contributed by atoms with E-state index in [4.69, 9.17) is 4.74 Å². The lowest BCUT2D eigenvalue weighted by molar-refractivity contribution is -0.154. The summed E-state index contributed by atoms with van der Waals surface area (Å²) in [6, 6.07) is 7.18. The van der Waals surface area contributed by atoms with Gasteiger partial charge in [-0.3, -0.25) is 14.4 Å². The molecule has 0 aliphatic heterocycles. The number of benzene rings is 1. The fourth-order valence-corrected chi connectivity index (χ4v) is 3.50. The van der Waals surface area contributed by atoms with Crippen molar-refractivity contribution in [3.63, 3.8) is 0 Å². The number of carbonyl (C=O) groups is 2. The molecule has 144 valence electrons. The number of aryl methyl sites for hydroxylation is 1. The first-order chi connectivity index (χ1) is 13.0. The van der Waals surface area contributed by atoms with Gasteiger partial charge < -0.3 is 10.1 Å². The van der Waals surface area contributed by atoms with Crippen LogP contribution in [0.5, 0.6) is 0 Å². The Morgan fingerprint density at radius 3 is 2.59 bits per heavy atom. The Morgan fingerprint density at radius 2 is 1.89 bits per heavy atom. The third-order valence-electron chi connectivity index (χ3n) is 4.97. The maximum absolute atomic E-state index is 12.3. The molecule has 0 radical (unpaired) electrons. The van der Waals surface area contributed by atoms with Gasteiger partial charge in [0.2, 0.25) is 0 Å². The molecule has 1 heterocycles. The van der Waals surface area contributed by atoms with E-state index in [2.05, 4.69) is 10.4 Å². The summed E-state index contributed by atoms with van der Waals surface area (Å²) < 4.78 is 6.51. The van der Waals surface area contributed by atoms with Crippen molar-refractivity contribution < 1.29 is 14.3 Å². The van der Waals surface area contributed by atoms with E-state index in [9.17, 15) is 14.4 Å². The minimum absolute atomic E-state index is 0.102. The largest absolute Gasteiger partial charge is 0.452 e. The molecular weight excluding hydrogens is 346 g/mol. The first-order valence-electron chi connectivity index (χ1n) is 9.40. The van der Waals surface area contributed by atoms with Crippen LogP contribution in [0, 0.1) is 0 Å². The molecule has 0 saturated heterocycles. The van der Waals surface area contributed by atoms with Crippen LogP contribution in [0.3, 0.4) is 0 Å². The Bertz CT molecular complexity index is 900. The zero-order valence-corrected chi connectivity index (χ0v) is 15.7. The summed E-state index contributed by atoms with van der Waals surface area (Å²) in [6.45, 7) is 1.57. The van der Waals surface area contributed by atoms with Gasteiger partial charge in [-0.15, -0.1) is 0 Å². The molecule has 1 N–H and O–H groups in total. The van der Waals surface area contributed by atoms with E-state index < -0.39 is 12.1 Å². The number of rotatable bonds is 5. The predicted molar refractivity (Wildman–Crippen MR) is 101 cm³/mol. The summed E-state index contributed by atoms with van der Waals surface area (Å²) in [4.78, 5) is 36.7. The average molecular weight is 371 g/mol. The van der Waals surface area contributed by atoms with Gasteiger partial charge in [0, 0.05) is 18.5 Å². The van der Waals surface area contributed by atoms with Gasteiger partial charge >= 0.3 is 5.97 Å². The van der Waals surface area contributed by atoms with Gasteiger partial charge in [-0.25, -0.2) is 4.68 Å². The van der Waals surface area contributed by atoms with E-state index in [-0.39, 0.29) is 23.9 Å². The highest BCUT2D eigenvalue weighted by molar-refractivity contribution is 5.88. The van der Waals surface area contributed by atoms with Gasteiger partial charge in [-0.05, 0) is 25.8 Å². The van der Waals surface area contributed by atoms with Gasteiger partial charge in [0.05, 0.1) is 17.5 Å². The summed E-state index contributed by atoms with van der Waals surface area (Å²) in [7, 11) is 1.55. The Kier molecular flexibility index (Phi) is 5.88. The van der Waals surface area contributed by atoms with Crippen LogP contribution in [-0.4, -0.2) is 33.8 Å². The monoisotopic (exact) mass is 371 g/mol. The third kappa shape index (κ3) is 4.53. The first-order valence-corrected chi connectivity index (χ1v) is 9.40. The van der Waals surface area contributed by atoms with Crippen molar-refractivity contribution in [1.82, 2.24) is 15.1 Å². The highest BCUT2D eigenvalue weighted by Crippen LogP contribution is 2.18. The normalized spacial score (nSPS) is 16.1. The molecule has 1 aliphatic rings. The smallest absolute Gasteiger partial charge is 0.312 e. The summed E-state index contributed by atoms with van der Waals surface area (Å²) in [5.41, 5.74) is 0.237. The van der Waals surface area contributed by atoms with E-state index in [1.165, 1.54) is 11.1 Å². The van der Waals surface area contributed by atoms with Crippen LogP contribution in [0.4, 0.5) is 0 Å². The Hall–Kier alpha value is -2.70. The minimum atomic E-state index is -0.863. The number of nitrogens with zero attached hydrogens (tertiary/aromatic N) is 2. The molecule has 0 bridgehead atoms. The van der Waals surface area contributed by atoms with E-state index in [0.29, 0.717) is 16.5 Å². The molecule has 1 aromatic carbocycles. The number of hydrogen-bond donors (Lipinski definition) is 1. The Labute approximate surface area is 157 Å². The van der Waals surface area contributed by atoms with Crippen LogP contribution < -0.4 is 10.9 Å². The molecule has 0 spiro atoms.